The molecule has 3 rings (SSSR count). The van der Waals surface area contributed by atoms with Gasteiger partial charge in [-0.25, -0.2) is 0 Å². The molecule has 130 valence electrons. The average Bonchev–Trinajstić information content (AvgIpc) is 2.56. The predicted octanol–water partition coefficient (Wildman–Crippen LogP) is 4.64. The molecule has 2 aromatic carbocycles. The number of allylic oxidation sites excluding steroid dienone is 1. The minimum atomic E-state index is -0.00122. The molecule has 0 fully saturated rings. The van der Waals surface area contributed by atoms with Gasteiger partial charge >= 0.3 is 0 Å². The van der Waals surface area contributed by atoms with Crippen LogP contribution in [0, 0.1) is 0 Å². The van der Waals surface area contributed by atoms with Gasteiger partial charge in [-0.1, -0.05) is 72.8 Å². The van der Waals surface area contributed by atoms with E-state index in [1.54, 1.807) is 12.1 Å². The molecule has 0 saturated heterocycles. The Balaban J connectivity index is 2.11. The summed E-state index contributed by atoms with van der Waals surface area (Å²) >= 11 is 2.34. The molecule has 0 radical (unpaired) electrons. The maximum absolute atomic E-state index is 9.83. The number of nitrogens with zero attached hydrogens (tertiary/aromatic N) is 1. The number of hydrogen-bond donors (Lipinski definition) is 2. The van der Waals surface area contributed by atoms with Crippen molar-refractivity contribution in [3.05, 3.63) is 64.7 Å². The Bertz CT molecular complexity index is 849. The van der Waals surface area contributed by atoms with Gasteiger partial charge in [-0.15, -0.1) is 5.90 Å². The first-order valence-corrected chi connectivity index (χ1v) is 9.29. The van der Waals surface area contributed by atoms with Crippen molar-refractivity contribution in [1.82, 2.24) is 0 Å². The number of phenolic OH excluding ortho intramolecular Hbond substituents is 1. The van der Waals surface area contributed by atoms with Gasteiger partial charge in [-0.2, -0.15) is 0 Å². The van der Waals surface area contributed by atoms with Gasteiger partial charge in [0, 0.05) is 5.56 Å². The maximum Gasteiger partial charge on any atom is 0.116 e. The number of aromatic hydroxyl groups is 1. The number of hydrogen-bond acceptors (Lipinski definition) is 4. The molecule has 1 atom stereocenters. The lowest BCUT2D eigenvalue weighted by atomic mass is 9.84. The zero-order chi connectivity index (χ0) is 18.2. The van der Waals surface area contributed by atoms with Crippen molar-refractivity contribution in [3.63, 3.8) is 0 Å². The lowest BCUT2D eigenvalue weighted by Gasteiger charge is -2.25. The van der Waals surface area contributed by atoms with Gasteiger partial charge in [0.05, 0.1) is 3.92 Å². The predicted molar refractivity (Wildman–Crippen MR) is 111 cm³/mol. The fourth-order valence-electron chi connectivity index (χ4n) is 2.97. The first-order valence-electron chi connectivity index (χ1n) is 8.05. The molecule has 0 aliphatic heterocycles. The Labute approximate surface area is 161 Å². The quantitative estimate of drug-likeness (QED) is 0.400. The number of fused-ring (bicyclic) bond motifs is 1. The zero-order valence-electron chi connectivity index (χ0n) is 14.5. The summed E-state index contributed by atoms with van der Waals surface area (Å²) in [5.41, 5.74) is 6.18. The Morgan fingerprint density at radius 1 is 1.12 bits per heavy atom. The largest absolute Gasteiger partial charge is 0.508 e. The normalized spacial score (nSPS) is 18.7. The second kappa shape index (κ2) is 6.80. The zero-order valence-corrected chi connectivity index (χ0v) is 16.6. The molecule has 1 aliphatic rings. The molecule has 4 nitrogen and oxygen atoms in total. The van der Waals surface area contributed by atoms with E-state index in [1.165, 1.54) is 5.56 Å². The summed E-state index contributed by atoms with van der Waals surface area (Å²) in [7, 11) is 0. The fraction of sp³-hybridized carbons (Fsp3) is 0.250. The van der Waals surface area contributed by atoms with E-state index in [9.17, 15) is 5.11 Å². The third-order valence-electron chi connectivity index (χ3n) is 4.37. The molecule has 5 heteroatoms. The van der Waals surface area contributed by atoms with Gasteiger partial charge in [0.2, 0.25) is 0 Å². The average molecular weight is 448 g/mol. The van der Waals surface area contributed by atoms with Gasteiger partial charge in [0.25, 0.3) is 0 Å². The molecule has 0 bridgehead atoms. The van der Waals surface area contributed by atoms with Crippen molar-refractivity contribution in [2.75, 3.05) is 0 Å². The van der Waals surface area contributed by atoms with Crippen LogP contribution in [0.4, 0.5) is 0 Å². The van der Waals surface area contributed by atoms with Crippen molar-refractivity contribution < 1.29 is 10.0 Å². The van der Waals surface area contributed by atoms with Crippen molar-refractivity contribution in [1.29, 1.82) is 0 Å². The highest BCUT2D eigenvalue weighted by atomic mass is 127. The lowest BCUT2D eigenvalue weighted by molar-refractivity contribution is 0.149. The van der Waals surface area contributed by atoms with Crippen LogP contribution in [0.25, 0.3) is 11.6 Å². The molecule has 0 spiro atoms. The summed E-state index contributed by atoms with van der Waals surface area (Å²) in [6.07, 6.45) is 2.09. The highest BCUT2D eigenvalue weighted by Gasteiger charge is 2.28. The van der Waals surface area contributed by atoms with Crippen molar-refractivity contribution in [3.8, 4) is 5.75 Å². The molecule has 2 aromatic rings. The molecule has 3 N–H and O–H groups in total. The molecule has 0 saturated carbocycles. The lowest BCUT2D eigenvalue weighted by Crippen LogP contribution is -2.23. The van der Waals surface area contributed by atoms with Gasteiger partial charge < -0.3 is 10.0 Å². The highest BCUT2D eigenvalue weighted by molar-refractivity contribution is 14.1. The van der Waals surface area contributed by atoms with E-state index in [0.29, 0.717) is 0 Å². The molecular formula is C20H21IN2O2. The first-order chi connectivity index (χ1) is 11.8. The fourth-order valence-corrected chi connectivity index (χ4v) is 3.96. The van der Waals surface area contributed by atoms with E-state index >= 15 is 0 Å². The van der Waals surface area contributed by atoms with Crippen LogP contribution in [0.2, 0.25) is 0 Å². The second-order valence-corrected chi connectivity index (χ2v) is 8.39. The summed E-state index contributed by atoms with van der Waals surface area (Å²) in [6, 6.07) is 13.8. The van der Waals surface area contributed by atoms with Crippen molar-refractivity contribution in [2.45, 2.75) is 30.1 Å². The number of nitrogens with two attached hydrogens (primary N) is 1. The van der Waals surface area contributed by atoms with Crippen LogP contribution < -0.4 is 5.90 Å². The number of halogens is 1. The van der Waals surface area contributed by atoms with E-state index in [4.69, 9.17) is 5.90 Å². The van der Waals surface area contributed by atoms with Crippen LogP contribution in [-0.2, 0) is 10.4 Å². The van der Waals surface area contributed by atoms with Gasteiger partial charge in [0.1, 0.15) is 11.5 Å². The van der Waals surface area contributed by atoms with Crippen LogP contribution in [0.15, 0.2) is 47.6 Å². The van der Waals surface area contributed by atoms with Gasteiger partial charge in [-0.05, 0) is 52.0 Å². The Kier molecular flexibility index (Phi) is 4.88. The van der Waals surface area contributed by atoms with Crippen molar-refractivity contribution in [2.24, 2.45) is 11.1 Å². The Morgan fingerprint density at radius 3 is 2.40 bits per heavy atom. The monoisotopic (exact) mass is 448 g/mol. The van der Waals surface area contributed by atoms with Gasteiger partial charge in [0.15, 0.2) is 0 Å². The van der Waals surface area contributed by atoms with E-state index in [2.05, 4.69) is 83.8 Å². The highest BCUT2D eigenvalue weighted by Crippen LogP contribution is 2.37. The summed E-state index contributed by atoms with van der Waals surface area (Å²) in [5, 5.41) is 13.9. The first kappa shape index (κ1) is 17.9. The van der Waals surface area contributed by atoms with E-state index < -0.39 is 0 Å². The molecule has 0 amide bonds. The van der Waals surface area contributed by atoms with E-state index in [-0.39, 0.29) is 15.1 Å². The topological polar surface area (TPSA) is 67.8 Å². The van der Waals surface area contributed by atoms with Crippen LogP contribution in [0.3, 0.4) is 0 Å². The molecule has 1 unspecified atom stereocenters. The number of alkyl halides is 1. The van der Waals surface area contributed by atoms with Crippen LogP contribution in [0.1, 0.15) is 43.0 Å². The number of phenols is 1. The third kappa shape index (κ3) is 3.57. The molecule has 0 heterocycles. The summed E-state index contributed by atoms with van der Waals surface area (Å²) < 4.78 is -0.00122. The van der Waals surface area contributed by atoms with Crippen LogP contribution in [0.5, 0.6) is 5.75 Å². The third-order valence-corrected chi connectivity index (χ3v) is 5.63. The smallest absolute Gasteiger partial charge is 0.116 e. The number of benzene rings is 2. The van der Waals surface area contributed by atoms with E-state index in [0.717, 1.165) is 28.0 Å². The number of oxime groups is 1. The molecule has 0 aromatic heterocycles. The summed E-state index contributed by atoms with van der Waals surface area (Å²) in [4.78, 5) is 4.58. The standard InChI is InChI=1S/C20H21IN2O2/c1-20(2,3)14-6-4-12(5-7-14)17-11-13-10-15(24)8-9-16(13)19(18(17)21)23-25-22/h4-11,18,24H,22H2,1-3H3/b23-19-. The minimum Gasteiger partial charge on any atom is -0.508 e. The molecular weight excluding hydrogens is 427 g/mol. The minimum absolute atomic E-state index is 0.00122. The van der Waals surface area contributed by atoms with Crippen LogP contribution in [-0.4, -0.2) is 14.7 Å². The molecule has 1 aliphatic carbocycles. The number of rotatable bonds is 2. The van der Waals surface area contributed by atoms with E-state index in [1.807, 2.05) is 6.07 Å². The maximum atomic E-state index is 9.83. The van der Waals surface area contributed by atoms with Crippen LogP contribution >= 0.6 is 22.6 Å². The van der Waals surface area contributed by atoms with Gasteiger partial charge in [-0.3, -0.25) is 0 Å². The second-order valence-electron chi connectivity index (χ2n) is 7.14. The summed E-state index contributed by atoms with van der Waals surface area (Å²) in [5.74, 6) is 5.42. The van der Waals surface area contributed by atoms with Crippen molar-refractivity contribution >= 4 is 40.0 Å². The Hall–Kier alpha value is -1.86. The Morgan fingerprint density at radius 2 is 1.80 bits per heavy atom. The SMILES string of the molecule is CC(C)(C)c1ccc(C2=Cc3cc(O)ccc3/C(=N/ON)C2I)cc1. The summed E-state index contributed by atoms with van der Waals surface area (Å²) in [6.45, 7) is 6.60. The molecule has 25 heavy (non-hydrogen) atoms.